The molecule has 4 heteroatoms. The number of phenols is 1. The van der Waals surface area contributed by atoms with Crippen LogP contribution in [0.25, 0.3) is 0 Å². The van der Waals surface area contributed by atoms with Crippen LogP contribution >= 0.6 is 0 Å². The quantitative estimate of drug-likeness (QED) is 0.849. The summed E-state index contributed by atoms with van der Waals surface area (Å²) < 4.78 is 5.15. The summed E-state index contributed by atoms with van der Waals surface area (Å²) in [6, 6.07) is 10.4. The summed E-state index contributed by atoms with van der Waals surface area (Å²) in [5, 5.41) is 11.9. The molecule has 94 valence electrons. The van der Waals surface area contributed by atoms with Crippen LogP contribution < -0.4 is 5.32 Å². The minimum absolute atomic E-state index is 0.0144. The Morgan fingerprint density at radius 1 is 1.22 bits per heavy atom. The van der Waals surface area contributed by atoms with Crippen molar-refractivity contribution in [1.82, 2.24) is 5.32 Å². The topological polar surface area (TPSA) is 62.5 Å². The Bertz CT molecular complexity index is 488. The summed E-state index contributed by atoms with van der Waals surface area (Å²) in [6.07, 6.45) is 2.61. The lowest BCUT2D eigenvalue weighted by Gasteiger charge is -2.04. The summed E-state index contributed by atoms with van der Waals surface area (Å²) in [5.41, 5.74) is 0.958. The van der Waals surface area contributed by atoms with E-state index in [1.54, 1.807) is 30.5 Å². The normalized spacial score (nSPS) is 10.2. The summed E-state index contributed by atoms with van der Waals surface area (Å²) in [7, 11) is 0. The van der Waals surface area contributed by atoms with Gasteiger partial charge in [0.1, 0.15) is 11.5 Å². The molecule has 1 heterocycles. The van der Waals surface area contributed by atoms with Gasteiger partial charge in [-0.25, -0.2) is 0 Å². The molecule has 2 rings (SSSR count). The van der Waals surface area contributed by atoms with Crippen molar-refractivity contribution in [2.45, 2.75) is 19.4 Å². The highest BCUT2D eigenvalue weighted by atomic mass is 16.3. The van der Waals surface area contributed by atoms with Gasteiger partial charge in [-0.2, -0.15) is 0 Å². The van der Waals surface area contributed by atoms with Crippen molar-refractivity contribution in [3.63, 3.8) is 0 Å². The zero-order valence-electron chi connectivity index (χ0n) is 9.93. The zero-order valence-corrected chi connectivity index (χ0v) is 9.93. The Labute approximate surface area is 105 Å². The van der Waals surface area contributed by atoms with Crippen molar-refractivity contribution in [2.75, 3.05) is 0 Å². The number of aryl methyl sites for hydroxylation is 1. The summed E-state index contributed by atoms with van der Waals surface area (Å²) >= 11 is 0. The Hall–Kier alpha value is -2.23. The van der Waals surface area contributed by atoms with E-state index in [2.05, 4.69) is 5.32 Å². The van der Waals surface area contributed by atoms with Crippen LogP contribution in [0, 0.1) is 0 Å². The van der Waals surface area contributed by atoms with Crippen molar-refractivity contribution >= 4 is 5.91 Å². The average Bonchev–Trinajstić information content (AvgIpc) is 2.89. The fourth-order valence-corrected chi connectivity index (χ4v) is 1.59. The standard InChI is InChI=1S/C14H15NO3/c16-12-5-3-11(4-6-12)10-15-14(17)8-7-13-2-1-9-18-13/h1-6,9,16H,7-8,10H2,(H,15,17). The zero-order chi connectivity index (χ0) is 12.8. The molecule has 1 aromatic heterocycles. The van der Waals surface area contributed by atoms with Crippen LogP contribution in [0.15, 0.2) is 47.1 Å². The number of amides is 1. The van der Waals surface area contributed by atoms with Gasteiger partial charge < -0.3 is 14.8 Å². The highest BCUT2D eigenvalue weighted by molar-refractivity contribution is 5.76. The van der Waals surface area contributed by atoms with E-state index in [1.807, 2.05) is 12.1 Å². The van der Waals surface area contributed by atoms with Crippen molar-refractivity contribution in [1.29, 1.82) is 0 Å². The first-order valence-electron chi connectivity index (χ1n) is 5.81. The second-order valence-corrected chi connectivity index (χ2v) is 4.02. The molecule has 0 bridgehead atoms. The molecule has 0 radical (unpaired) electrons. The highest BCUT2D eigenvalue weighted by Gasteiger charge is 2.03. The van der Waals surface area contributed by atoms with E-state index in [1.165, 1.54) is 0 Å². The van der Waals surface area contributed by atoms with Crippen LogP contribution in [-0.2, 0) is 17.8 Å². The van der Waals surface area contributed by atoms with Crippen LogP contribution in [0.5, 0.6) is 5.75 Å². The lowest BCUT2D eigenvalue weighted by atomic mass is 10.2. The molecule has 0 fully saturated rings. The first kappa shape index (κ1) is 12.2. The number of hydrogen-bond donors (Lipinski definition) is 2. The number of carbonyl (C=O) groups excluding carboxylic acids is 1. The Morgan fingerprint density at radius 2 is 2.00 bits per heavy atom. The lowest BCUT2D eigenvalue weighted by molar-refractivity contribution is -0.121. The van der Waals surface area contributed by atoms with E-state index in [0.717, 1.165) is 11.3 Å². The molecular formula is C14H15NO3. The first-order valence-corrected chi connectivity index (χ1v) is 5.81. The van der Waals surface area contributed by atoms with Gasteiger partial charge in [-0.15, -0.1) is 0 Å². The van der Waals surface area contributed by atoms with Crippen molar-refractivity contribution < 1.29 is 14.3 Å². The maximum atomic E-state index is 11.6. The predicted octanol–water partition coefficient (Wildman–Crippen LogP) is 2.23. The second kappa shape index (κ2) is 5.91. The fraction of sp³-hybridized carbons (Fsp3) is 0.214. The number of carbonyl (C=O) groups is 1. The molecule has 2 aromatic rings. The highest BCUT2D eigenvalue weighted by Crippen LogP contribution is 2.09. The monoisotopic (exact) mass is 245 g/mol. The van der Waals surface area contributed by atoms with E-state index in [-0.39, 0.29) is 11.7 Å². The molecule has 0 saturated carbocycles. The van der Waals surface area contributed by atoms with Crippen molar-refractivity contribution in [3.05, 3.63) is 54.0 Å². The Balaban J connectivity index is 1.73. The summed E-state index contributed by atoms with van der Waals surface area (Å²) in [6.45, 7) is 0.470. The van der Waals surface area contributed by atoms with Gasteiger partial charge >= 0.3 is 0 Å². The molecule has 0 atom stereocenters. The third-order valence-electron chi connectivity index (χ3n) is 2.60. The molecule has 1 aromatic carbocycles. The van der Waals surface area contributed by atoms with Gasteiger partial charge in [0, 0.05) is 19.4 Å². The minimum atomic E-state index is -0.0144. The summed E-state index contributed by atoms with van der Waals surface area (Å²) in [4.78, 5) is 11.6. The SMILES string of the molecule is O=C(CCc1ccco1)NCc1ccc(O)cc1. The van der Waals surface area contributed by atoms with E-state index in [9.17, 15) is 4.79 Å². The first-order chi connectivity index (χ1) is 8.74. The molecule has 0 aliphatic carbocycles. The van der Waals surface area contributed by atoms with Gasteiger partial charge in [-0.05, 0) is 29.8 Å². The van der Waals surface area contributed by atoms with Crippen LogP contribution in [0.4, 0.5) is 0 Å². The van der Waals surface area contributed by atoms with E-state index >= 15 is 0 Å². The van der Waals surface area contributed by atoms with Gasteiger partial charge in [0.05, 0.1) is 6.26 Å². The predicted molar refractivity (Wildman–Crippen MR) is 67.0 cm³/mol. The van der Waals surface area contributed by atoms with Crippen molar-refractivity contribution in [2.24, 2.45) is 0 Å². The van der Waals surface area contributed by atoms with Gasteiger partial charge in [0.25, 0.3) is 0 Å². The Kier molecular flexibility index (Phi) is 4.02. The molecule has 1 amide bonds. The second-order valence-electron chi connectivity index (χ2n) is 4.02. The maximum absolute atomic E-state index is 11.6. The fourth-order valence-electron chi connectivity index (χ4n) is 1.59. The molecular weight excluding hydrogens is 230 g/mol. The molecule has 0 aliphatic rings. The average molecular weight is 245 g/mol. The van der Waals surface area contributed by atoms with Crippen LogP contribution in [0.2, 0.25) is 0 Å². The van der Waals surface area contributed by atoms with Crippen molar-refractivity contribution in [3.8, 4) is 5.75 Å². The third-order valence-corrected chi connectivity index (χ3v) is 2.60. The van der Waals surface area contributed by atoms with Crippen LogP contribution in [0.1, 0.15) is 17.7 Å². The molecule has 0 spiro atoms. The number of aromatic hydroxyl groups is 1. The summed E-state index contributed by atoms with van der Waals surface area (Å²) in [5.74, 6) is 1.03. The van der Waals surface area contributed by atoms with Crippen LogP contribution in [-0.4, -0.2) is 11.0 Å². The Morgan fingerprint density at radius 3 is 2.67 bits per heavy atom. The number of furan rings is 1. The minimum Gasteiger partial charge on any atom is -0.508 e. The van der Waals surface area contributed by atoms with Gasteiger partial charge in [-0.1, -0.05) is 12.1 Å². The van der Waals surface area contributed by atoms with E-state index in [0.29, 0.717) is 19.4 Å². The molecule has 2 N–H and O–H groups in total. The largest absolute Gasteiger partial charge is 0.508 e. The number of nitrogens with one attached hydrogen (secondary N) is 1. The third kappa shape index (κ3) is 3.66. The van der Waals surface area contributed by atoms with Gasteiger partial charge in [0.2, 0.25) is 5.91 Å². The number of rotatable bonds is 5. The number of phenolic OH excluding ortho intramolecular Hbond substituents is 1. The number of benzene rings is 1. The molecule has 4 nitrogen and oxygen atoms in total. The smallest absolute Gasteiger partial charge is 0.220 e. The number of hydrogen-bond acceptors (Lipinski definition) is 3. The molecule has 0 aliphatic heterocycles. The van der Waals surface area contributed by atoms with Gasteiger partial charge in [0.15, 0.2) is 0 Å². The molecule has 18 heavy (non-hydrogen) atoms. The maximum Gasteiger partial charge on any atom is 0.220 e. The molecule has 0 unspecified atom stereocenters. The van der Waals surface area contributed by atoms with E-state index in [4.69, 9.17) is 9.52 Å². The van der Waals surface area contributed by atoms with Crippen LogP contribution in [0.3, 0.4) is 0 Å². The van der Waals surface area contributed by atoms with E-state index < -0.39 is 0 Å². The molecule has 0 saturated heterocycles. The lowest BCUT2D eigenvalue weighted by Crippen LogP contribution is -2.22. The van der Waals surface area contributed by atoms with Gasteiger partial charge in [-0.3, -0.25) is 4.79 Å².